The summed E-state index contributed by atoms with van der Waals surface area (Å²) in [7, 11) is 0. The van der Waals surface area contributed by atoms with Crippen molar-refractivity contribution in [2.75, 3.05) is 13.2 Å². The lowest BCUT2D eigenvalue weighted by atomic mass is 10.1. The molecule has 0 aromatic heterocycles. The Hall–Kier alpha value is -2.69. The second-order valence-corrected chi connectivity index (χ2v) is 6.66. The van der Waals surface area contributed by atoms with Gasteiger partial charge in [-0.15, -0.1) is 0 Å². The molecule has 0 fully saturated rings. The fourth-order valence-electron chi connectivity index (χ4n) is 2.82. The van der Waals surface area contributed by atoms with E-state index < -0.39 is 6.10 Å². The van der Waals surface area contributed by atoms with E-state index in [-0.39, 0.29) is 11.9 Å². The molecular formula is C21H25NO4. The average Bonchev–Trinajstić information content (AvgIpc) is 2.64. The largest absolute Gasteiger partial charge is 0.486 e. The lowest BCUT2D eigenvalue weighted by Crippen LogP contribution is -2.37. The van der Waals surface area contributed by atoms with Gasteiger partial charge in [0.05, 0.1) is 6.04 Å². The molecule has 2 aromatic carbocycles. The highest BCUT2D eigenvalue weighted by atomic mass is 16.6. The van der Waals surface area contributed by atoms with Crippen LogP contribution in [-0.4, -0.2) is 25.2 Å². The molecule has 5 heteroatoms. The fraction of sp³-hybridized carbons (Fsp3) is 0.381. The van der Waals surface area contributed by atoms with Crippen LogP contribution in [0.4, 0.5) is 0 Å². The van der Waals surface area contributed by atoms with E-state index in [0.29, 0.717) is 13.2 Å². The van der Waals surface area contributed by atoms with Gasteiger partial charge in [0.15, 0.2) is 17.6 Å². The first-order chi connectivity index (χ1) is 12.4. The summed E-state index contributed by atoms with van der Waals surface area (Å²) in [5, 5.41) is 3.00. The summed E-state index contributed by atoms with van der Waals surface area (Å²) in [6.07, 6.45) is -0.588. The number of carbonyl (C=O) groups is 1. The number of benzene rings is 2. The standard InChI is InChI=1S/C21H25NO4/c1-13-5-6-14(2)19(11-13)26-16(4)21(23)22-15(3)17-7-8-18-20(12-17)25-10-9-24-18/h5-8,11-12,15-16H,9-10H2,1-4H3,(H,22,23)/t15-,16-/m0/s1. The smallest absolute Gasteiger partial charge is 0.261 e. The summed E-state index contributed by atoms with van der Waals surface area (Å²) in [5.74, 6) is 2.03. The maximum absolute atomic E-state index is 12.5. The quantitative estimate of drug-likeness (QED) is 0.888. The molecule has 3 rings (SSSR count). The number of hydrogen-bond donors (Lipinski definition) is 1. The minimum absolute atomic E-state index is 0.159. The predicted molar refractivity (Wildman–Crippen MR) is 100.0 cm³/mol. The fourth-order valence-corrected chi connectivity index (χ4v) is 2.82. The van der Waals surface area contributed by atoms with Crippen LogP contribution in [0.1, 0.15) is 36.6 Å². The molecule has 1 amide bonds. The van der Waals surface area contributed by atoms with E-state index in [2.05, 4.69) is 5.32 Å². The van der Waals surface area contributed by atoms with Crippen LogP contribution in [0.2, 0.25) is 0 Å². The number of aryl methyl sites for hydroxylation is 2. The van der Waals surface area contributed by atoms with Crippen LogP contribution in [0.3, 0.4) is 0 Å². The van der Waals surface area contributed by atoms with Crippen LogP contribution in [0.5, 0.6) is 17.2 Å². The minimum atomic E-state index is -0.588. The molecule has 2 aromatic rings. The van der Waals surface area contributed by atoms with E-state index in [1.165, 1.54) is 0 Å². The van der Waals surface area contributed by atoms with Crippen LogP contribution in [0.15, 0.2) is 36.4 Å². The molecule has 0 aliphatic carbocycles. The Morgan fingerprint density at radius 2 is 1.77 bits per heavy atom. The molecule has 0 saturated carbocycles. The van der Waals surface area contributed by atoms with Crippen LogP contribution in [0, 0.1) is 13.8 Å². The van der Waals surface area contributed by atoms with Crippen molar-refractivity contribution in [3.8, 4) is 17.2 Å². The van der Waals surface area contributed by atoms with Gasteiger partial charge in [-0.25, -0.2) is 0 Å². The highest BCUT2D eigenvalue weighted by Crippen LogP contribution is 2.32. The Bertz CT molecular complexity index is 803. The van der Waals surface area contributed by atoms with Crippen molar-refractivity contribution < 1.29 is 19.0 Å². The van der Waals surface area contributed by atoms with Crippen molar-refractivity contribution in [1.82, 2.24) is 5.32 Å². The lowest BCUT2D eigenvalue weighted by Gasteiger charge is -2.22. The summed E-state index contributed by atoms with van der Waals surface area (Å²) >= 11 is 0. The van der Waals surface area contributed by atoms with Crippen molar-refractivity contribution >= 4 is 5.91 Å². The number of rotatable bonds is 5. The Morgan fingerprint density at radius 1 is 1.04 bits per heavy atom. The van der Waals surface area contributed by atoms with Gasteiger partial charge in [0.2, 0.25) is 0 Å². The number of fused-ring (bicyclic) bond motifs is 1. The first kappa shape index (κ1) is 18.1. The summed E-state index contributed by atoms with van der Waals surface area (Å²) in [6, 6.07) is 11.5. The van der Waals surface area contributed by atoms with E-state index in [0.717, 1.165) is 33.9 Å². The van der Waals surface area contributed by atoms with E-state index in [4.69, 9.17) is 14.2 Å². The van der Waals surface area contributed by atoms with Crippen molar-refractivity contribution in [3.05, 3.63) is 53.1 Å². The molecule has 2 atom stereocenters. The van der Waals surface area contributed by atoms with Crippen molar-refractivity contribution in [3.63, 3.8) is 0 Å². The normalized spacial score (nSPS) is 15.1. The zero-order valence-electron chi connectivity index (χ0n) is 15.7. The molecule has 1 aliphatic rings. The molecule has 0 unspecified atom stereocenters. The molecule has 26 heavy (non-hydrogen) atoms. The van der Waals surface area contributed by atoms with Crippen LogP contribution in [0.25, 0.3) is 0 Å². The zero-order valence-corrected chi connectivity index (χ0v) is 15.7. The zero-order chi connectivity index (χ0) is 18.7. The maximum Gasteiger partial charge on any atom is 0.261 e. The molecule has 1 aliphatic heterocycles. The van der Waals surface area contributed by atoms with Gasteiger partial charge in [-0.05, 0) is 62.6 Å². The third-order valence-electron chi connectivity index (χ3n) is 4.44. The van der Waals surface area contributed by atoms with Crippen molar-refractivity contribution in [1.29, 1.82) is 0 Å². The topological polar surface area (TPSA) is 56.8 Å². The second kappa shape index (κ2) is 7.68. The SMILES string of the molecule is Cc1ccc(C)c(O[C@@H](C)C(=O)N[C@@H](C)c2ccc3c(c2)OCCO3)c1. The first-order valence-electron chi connectivity index (χ1n) is 8.88. The molecule has 0 saturated heterocycles. The van der Waals surface area contributed by atoms with Gasteiger partial charge in [0.1, 0.15) is 19.0 Å². The van der Waals surface area contributed by atoms with Gasteiger partial charge in [-0.3, -0.25) is 4.79 Å². The molecule has 0 bridgehead atoms. The highest BCUT2D eigenvalue weighted by Gasteiger charge is 2.20. The Kier molecular flexibility index (Phi) is 5.35. The van der Waals surface area contributed by atoms with Crippen LogP contribution in [-0.2, 0) is 4.79 Å². The van der Waals surface area contributed by atoms with E-state index in [1.807, 2.05) is 57.2 Å². The number of nitrogens with one attached hydrogen (secondary N) is 1. The number of amides is 1. The van der Waals surface area contributed by atoms with Crippen LogP contribution < -0.4 is 19.5 Å². The molecular weight excluding hydrogens is 330 g/mol. The van der Waals surface area contributed by atoms with Crippen molar-refractivity contribution in [2.45, 2.75) is 39.8 Å². The Balaban J connectivity index is 1.64. The van der Waals surface area contributed by atoms with Gasteiger partial charge < -0.3 is 19.5 Å². The Morgan fingerprint density at radius 3 is 2.54 bits per heavy atom. The monoisotopic (exact) mass is 355 g/mol. The van der Waals surface area contributed by atoms with Gasteiger partial charge >= 0.3 is 0 Å². The molecule has 5 nitrogen and oxygen atoms in total. The van der Waals surface area contributed by atoms with Gasteiger partial charge in [-0.1, -0.05) is 18.2 Å². The lowest BCUT2D eigenvalue weighted by molar-refractivity contribution is -0.127. The third-order valence-corrected chi connectivity index (χ3v) is 4.44. The van der Waals surface area contributed by atoms with E-state index >= 15 is 0 Å². The van der Waals surface area contributed by atoms with Crippen molar-refractivity contribution in [2.24, 2.45) is 0 Å². The Labute approximate surface area is 154 Å². The number of carbonyl (C=O) groups excluding carboxylic acids is 1. The van der Waals surface area contributed by atoms with Gasteiger partial charge in [0, 0.05) is 0 Å². The van der Waals surface area contributed by atoms with Gasteiger partial charge in [-0.2, -0.15) is 0 Å². The highest BCUT2D eigenvalue weighted by molar-refractivity contribution is 5.81. The molecule has 0 spiro atoms. The maximum atomic E-state index is 12.5. The number of hydrogen-bond acceptors (Lipinski definition) is 4. The van der Waals surface area contributed by atoms with E-state index in [9.17, 15) is 4.79 Å². The summed E-state index contributed by atoms with van der Waals surface area (Å²) < 4.78 is 17.0. The third kappa shape index (κ3) is 4.10. The first-order valence-corrected chi connectivity index (χ1v) is 8.88. The molecule has 1 heterocycles. The molecule has 1 N–H and O–H groups in total. The molecule has 138 valence electrons. The van der Waals surface area contributed by atoms with Gasteiger partial charge in [0.25, 0.3) is 5.91 Å². The predicted octanol–water partition coefficient (Wildman–Crippen LogP) is 3.72. The van der Waals surface area contributed by atoms with E-state index in [1.54, 1.807) is 6.92 Å². The number of ether oxygens (including phenoxy) is 3. The summed E-state index contributed by atoms with van der Waals surface area (Å²) in [6.45, 7) is 8.77. The van der Waals surface area contributed by atoms with Crippen LogP contribution >= 0.6 is 0 Å². The average molecular weight is 355 g/mol. The summed E-state index contributed by atoms with van der Waals surface area (Å²) in [5.41, 5.74) is 3.07. The minimum Gasteiger partial charge on any atom is -0.486 e. The summed E-state index contributed by atoms with van der Waals surface area (Å²) in [4.78, 5) is 12.5. The second-order valence-electron chi connectivity index (χ2n) is 6.66. The molecule has 0 radical (unpaired) electrons.